The van der Waals surface area contributed by atoms with Crippen molar-refractivity contribution in [3.63, 3.8) is 0 Å². The first kappa shape index (κ1) is 14.7. The fraction of sp³-hybridized carbons (Fsp3) is 0.133. The Morgan fingerprint density at radius 1 is 1.00 bits per heavy atom. The van der Waals surface area contributed by atoms with E-state index in [1.54, 1.807) is 12.1 Å². The van der Waals surface area contributed by atoms with E-state index in [2.05, 4.69) is 0 Å². The Kier molecular flexibility index (Phi) is 4.84. The van der Waals surface area contributed by atoms with Crippen molar-refractivity contribution in [3.05, 3.63) is 65.5 Å². The molecule has 2 aromatic carbocycles. The van der Waals surface area contributed by atoms with Crippen molar-refractivity contribution in [1.29, 1.82) is 0 Å². The summed E-state index contributed by atoms with van der Waals surface area (Å²) < 4.78 is 39.1. The summed E-state index contributed by atoms with van der Waals surface area (Å²) in [7, 11) is 0. The Labute approximate surface area is 118 Å². The van der Waals surface area contributed by atoms with Crippen LogP contribution in [0.2, 0.25) is 0 Å². The molecule has 0 unspecified atom stereocenters. The topological polar surface area (TPSA) is 17.1 Å². The highest BCUT2D eigenvalue weighted by atomic mass is 32.2. The van der Waals surface area contributed by atoms with Crippen LogP contribution in [0.3, 0.4) is 0 Å². The number of thioether (sulfide) groups is 1. The molecule has 0 atom stereocenters. The number of hydrogen-bond donors (Lipinski definition) is 0. The molecule has 0 bridgehead atoms. The van der Waals surface area contributed by atoms with E-state index in [1.807, 2.05) is 0 Å². The van der Waals surface area contributed by atoms with Crippen LogP contribution in [0.25, 0.3) is 0 Å². The molecule has 0 heterocycles. The summed E-state index contributed by atoms with van der Waals surface area (Å²) in [5.41, 5.74) is 0.163. The van der Waals surface area contributed by atoms with Gasteiger partial charge in [0.25, 0.3) is 0 Å². The normalized spacial score (nSPS) is 10.6. The van der Waals surface area contributed by atoms with Gasteiger partial charge in [0.15, 0.2) is 0 Å². The molecule has 0 aromatic heterocycles. The second-order valence-electron chi connectivity index (χ2n) is 4.20. The highest BCUT2D eigenvalue weighted by Gasteiger charge is 2.10. The van der Waals surface area contributed by atoms with E-state index in [-0.39, 0.29) is 29.3 Å². The van der Waals surface area contributed by atoms with Crippen molar-refractivity contribution >= 4 is 17.5 Å². The van der Waals surface area contributed by atoms with Crippen molar-refractivity contribution in [1.82, 2.24) is 0 Å². The van der Waals surface area contributed by atoms with Crippen molar-refractivity contribution in [2.45, 2.75) is 11.3 Å². The molecule has 1 nitrogen and oxygen atoms in total. The number of ketones is 1. The summed E-state index contributed by atoms with van der Waals surface area (Å²) >= 11 is 1.18. The zero-order valence-electron chi connectivity index (χ0n) is 10.4. The lowest BCUT2D eigenvalue weighted by Gasteiger charge is -2.04. The van der Waals surface area contributed by atoms with Crippen LogP contribution in [0.15, 0.2) is 47.4 Å². The van der Waals surface area contributed by atoms with Gasteiger partial charge < -0.3 is 0 Å². The summed E-state index contributed by atoms with van der Waals surface area (Å²) in [6, 6.07) is 9.03. The van der Waals surface area contributed by atoms with Gasteiger partial charge in [-0.25, -0.2) is 13.2 Å². The average Bonchev–Trinajstić information content (AvgIpc) is 2.40. The first-order valence-corrected chi connectivity index (χ1v) is 6.87. The second kappa shape index (κ2) is 6.61. The van der Waals surface area contributed by atoms with Gasteiger partial charge in [0.1, 0.15) is 23.2 Å². The molecule has 0 aliphatic carbocycles. The second-order valence-corrected chi connectivity index (χ2v) is 5.25. The van der Waals surface area contributed by atoms with Gasteiger partial charge in [-0.3, -0.25) is 4.79 Å². The molecule has 20 heavy (non-hydrogen) atoms. The molecule has 0 aliphatic heterocycles. The minimum Gasteiger partial charge on any atom is -0.298 e. The molecular weight excluding hydrogens is 285 g/mol. The Morgan fingerprint density at radius 2 is 1.75 bits per heavy atom. The SMILES string of the molecule is O=C(CSc1cccc(F)c1)Cc1ccc(F)cc1F. The largest absolute Gasteiger partial charge is 0.298 e. The van der Waals surface area contributed by atoms with E-state index in [0.29, 0.717) is 4.90 Å². The van der Waals surface area contributed by atoms with Gasteiger partial charge in [-0.2, -0.15) is 0 Å². The molecule has 2 aromatic rings. The van der Waals surface area contributed by atoms with Crippen molar-refractivity contribution < 1.29 is 18.0 Å². The molecule has 0 aliphatic rings. The van der Waals surface area contributed by atoms with Crippen molar-refractivity contribution in [2.24, 2.45) is 0 Å². The predicted octanol–water partition coefficient (Wildman–Crippen LogP) is 4.01. The Hall–Kier alpha value is -1.75. The molecule has 0 radical (unpaired) electrons. The molecule has 0 saturated carbocycles. The lowest BCUT2D eigenvalue weighted by atomic mass is 10.1. The van der Waals surface area contributed by atoms with Crippen LogP contribution in [-0.2, 0) is 11.2 Å². The number of carbonyl (C=O) groups is 1. The minimum atomic E-state index is -0.728. The van der Waals surface area contributed by atoms with E-state index in [4.69, 9.17) is 0 Å². The molecule has 0 fully saturated rings. The lowest BCUT2D eigenvalue weighted by molar-refractivity contribution is -0.116. The maximum atomic E-state index is 13.4. The van der Waals surface area contributed by atoms with Crippen LogP contribution < -0.4 is 0 Å². The highest BCUT2D eigenvalue weighted by molar-refractivity contribution is 8.00. The number of halogens is 3. The molecule has 0 spiro atoms. The van der Waals surface area contributed by atoms with Crippen molar-refractivity contribution in [3.8, 4) is 0 Å². The molecule has 2 rings (SSSR count). The van der Waals surface area contributed by atoms with E-state index in [0.717, 1.165) is 12.1 Å². The van der Waals surface area contributed by atoms with Gasteiger partial charge in [-0.15, -0.1) is 11.8 Å². The standard InChI is InChI=1S/C15H11F3OS/c16-11-2-1-3-14(7-11)20-9-13(19)6-10-4-5-12(17)8-15(10)18/h1-5,7-8H,6,9H2. The maximum Gasteiger partial charge on any atom is 0.147 e. The maximum absolute atomic E-state index is 13.4. The fourth-order valence-electron chi connectivity index (χ4n) is 1.65. The summed E-state index contributed by atoms with van der Waals surface area (Å²) in [4.78, 5) is 12.4. The summed E-state index contributed by atoms with van der Waals surface area (Å²) in [5.74, 6) is -1.86. The minimum absolute atomic E-state index is 0.103. The zero-order valence-corrected chi connectivity index (χ0v) is 11.2. The molecule has 5 heteroatoms. The van der Waals surface area contributed by atoms with Gasteiger partial charge in [0.2, 0.25) is 0 Å². The van der Waals surface area contributed by atoms with Crippen LogP contribution in [0, 0.1) is 17.5 Å². The molecule has 0 N–H and O–H groups in total. The first-order valence-electron chi connectivity index (χ1n) is 5.88. The van der Waals surface area contributed by atoms with Crippen LogP contribution in [0.1, 0.15) is 5.56 Å². The van der Waals surface area contributed by atoms with Crippen LogP contribution in [0.4, 0.5) is 13.2 Å². The smallest absolute Gasteiger partial charge is 0.147 e. The Morgan fingerprint density at radius 3 is 2.45 bits per heavy atom. The van der Waals surface area contributed by atoms with Gasteiger partial charge in [-0.05, 0) is 29.8 Å². The van der Waals surface area contributed by atoms with Gasteiger partial charge >= 0.3 is 0 Å². The average molecular weight is 296 g/mol. The third kappa shape index (κ3) is 4.13. The van der Waals surface area contributed by atoms with Crippen LogP contribution in [0.5, 0.6) is 0 Å². The van der Waals surface area contributed by atoms with E-state index >= 15 is 0 Å². The van der Waals surface area contributed by atoms with E-state index in [9.17, 15) is 18.0 Å². The monoisotopic (exact) mass is 296 g/mol. The van der Waals surface area contributed by atoms with Crippen LogP contribution >= 0.6 is 11.8 Å². The Balaban J connectivity index is 1.92. The van der Waals surface area contributed by atoms with Gasteiger partial charge in [-0.1, -0.05) is 12.1 Å². The molecule has 0 amide bonds. The quantitative estimate of drug-likeness (QED) is 0.776. The number of Topliss-reactive ketones (excluding diaryl/α,β-unsaturated/α-hetero) is 1. The number of hydrogen-bond acceptors (Lipinski definition) is 2. The molecular formula is C15H11F3OS. The number of benzene rings is 2. The number of carbonyl (C=O) groups excluding carboxylic acids is 1. The summed E-state index contributed by atoms with van der Waals surface area (Å²) in [6.45, 7) is 0. The highest BCUT2D eigenvalue weighted by Crippen LogP contribution is 2.19. The van der Waals surface area contributed by atoms with Crippen molar-refractivity contribution in [2.75, 3.05) is 5.75 Å². The Bertz CT molecular complexity index is 628. The van der Waals surface area contributed by atoms with E-state index in [1.165, 1.54) is 30.0 Å². The van der Waals surface area contributed by atoms with Gasteiger partial charge in [0.05, 0.1) is 5.75 Å². The third-order valence-electron chi connectivity index (χ3n) is 2.60. The summed E-state index contributed by atoms with van der Waals surface area (Å²) in [6.07, 6.45) is -0.103. The van der Waals surface area contributed by atoms with E-state index < -0.39 is 11.6 Å². The summed E-state index contributed by atoms with van der Waals surface area (Å²) in [5, 5.41) is 0. The lowest BCUT2D eigenvalue weighted by Crippen LogP contribution is -2.07. The van der Waals surface area contributed by atoms with Crippen LogP contribution in [-0.4, -0.2) is 11.5 Å². The first-order chi connectivity index (χ1) is 9.54. The third-order valence-corrected chi connectivity index (χ3v) is 3.65. The van der Waals surface area contributed by atoms with Gasteiger partial charge in [0, 0.05) is 17.4 Å². The predicted molar refractivity (Wildman–Crippen MR) is 72.2 cm³/mol. The molecule has 0 saturated heterocycles. The number of rotatable bonds is 5. The fourth-order valence-corrected chi connectivity index (χ4v) is 2.45. The molecule has 104 valence electrons. The zero-order chi connectivity index (χ0) is 14.5.